The highest BCUT2D eigenvalue weighted by atomic mass is 32.2. The minimum atomic E-state index is -3.74. The fourth-order valence-corrected chi connectivity index (χ4v) is 9.05. The minimum absolute atomic E-state index is 0.0890. The van der Waals surface area contributed by atoms with Crippen LogP contribution in [0.1, 0.15) is 49.8 Å². The van der Waals surface area contributed by atoms with E-state index < -0.39 is 10.0 Å². The number of amides is 1. The topological polar surface area (TPSA) is 114 Å². The lowest BCUT2D eigenvalue weighted by Crippen LogP contribution is -2.52. The van der Waals surface area contributed by atoms with E-state index in [4.69, 9.17) is 4.74 Å². The van der Waals surface area contributed by atoms with Crippen LogP contribution in [0.3, 0.4) is 0 Å². The van der Waals surface area contributed by atoms with Gasteiger partial charge in [0.2, 0.25) is 15.9 Å². The van der Waals surface area contributed by atoms with Crippen LogP contribution in [0.5, 0.6) is 11.5 Å². The lowest BCUT2D eigenvalue weighted by molar-refractivity contribution is -0.140. The Labute approximate surface area is 228 Å². The number of hydrogen-bond acceptors (Lipinski definition) is 7. The lowest BCUT2D eigenvalue weighted by Gasteiger charge is -2.55. The summed E-state index contributed by atoms with van der Waals surface area (Å²) < 4.78 is 34.1. The number of anilines is 1. The molecule has 0 unspecified atom stereocenters. The first-order chi connectivity index (χ1) is 18.9. The van der Waals surface area contributed by atoms with Crippen LogP contribution in [0, 0.1) is 23.2 Å². The Bertz CT molecular complexity index is 1480. The van der Waals surface area contributed by atoms with Crippen molar-refractivity contribution < 1.29 is 17.9 Å². The van der Waals surface area contributed by atoms with Crippen LogP contribution in [0.4, 0.5) is 5.82 Å². The number of aromatic nitrogens is 3. The first kappa shape index (κ1) is 24.7. The molecule has 202 valence electrons. The number of rotatable bonds is 6. The molecule has 8 rings (SSSR count). The van der Waals surface area contributed by atoms with Gasteiger partial charge in [-0.15, -0.1) is 0 Å². The summed E-state index contributed by atoms with van der Waals surface area (Å²) in [4.78, 5) is 26.6. The molecule has 1 N–H and O–H groups in total. The van der Waals surface area contributed by atoms with Gasteiger partial charge in [0.05, 0.1) is 28.7 Å². The fourth-order valence-electron chi connectivity index (χ4n) is 7.64. The van der Waals surface area contributed by atoms with Crippen molar-refractivity contribution in [3.8, 4) is 11.5 Å². The molecule has 10 heteroatoms. The van der Waals surface area contributed by atoms with Crippen LogP contribution in [0.2, 0.25) is 0 Å². The van der Waals surface area contributed by atoms with Crippen LogP contribution in [0.15, 0.2) is 60.0 Å². The zero-order chi connectivity index (χ0) is 26.6. The van der Waals surface area contributed by atoms with E-state index in [1.807, 2.05) is 0 Å². The highest BCUT2D eigenvalue weighted by molar-refractivity contribution is 7.89. The lowest BCUT2D eigenvalue weighted by atomic mass is 9.49. The summed E-state index contributed by atoms with van der Waals surface area (Å²) in [6.45, 7) is 0.422. The van der Waals surface area contributed by atoms with Gasteiger partial charge in [0.25, 0.3) is 0 Å². The Morgan fingerprint density at radius 3 is 2.36 bits per heavy atom. The number of carbonyl (C=O) groups is 1. The molecule has 1 aromatic carbocycles. The van der Waals surface area contributed by atoms with Gasteiger partial charge in [0, 0.05) is 18.3 Å². The Morgan fingerprint density at radius 1 is 0.974 bits per heavy atom. The summed E-state index contributed by atoms with van der Waals surface area (Å²) in [7, 11) is -3.74. The van der Waals surface area contributed by atoms with E-state index in [0.29, 0.717) is 47.2 Å². The molecule has 39 heavy (non-hydrogen) atoms. The number of hydrogen-bond donors (Lipinski definition) is 1. The van der Waals surface area contributed by atoms with Gasteiger partial charge in [-0.25, -0.2) is 18.4 Å². The van der Waals surface area contributed by atoms with Crippen molar-refractivity contribution in [2.75, 3.05) is 11.9 Å². The largest absolute Gasteiger partial charge is 0.456 e. The van der Waals surface area contributed by atoms with Crippen molar-refractivity contribution in [3.63, 3.8) is 0 Å². The molecule has 1 amide bonds. The number of pyridine rings is 1. The van der Waals surface area contributed by atoms with Gasteiger partial charge in [0.15, 0.2) is 0 Å². The molecule has 3 heterocycles. The maximum atomic E-state index is 13.6. The van der Waals surface area contributed by atoms with Gasteiger partial charge in [-0.05, 0) is 99.1 Å². The van der Waals surface area contributed by atoms with E-state index in [0.717, 1.165) is 24.8 Å². The number of fused-ring (bicyclic) bond motifs is 1. The third-order valence-electron chi connectivity index (χ3n) is 9.06. The predicted molar refractivity (Wildman–Crippen MR) is 143 cm³/mol. The van der Waals surface area contributed by atoms with Crippen LogP contribution in [-0.4, -0.2) is 40.1 Å². The smallest absolute Gasteiger partial charge is 0.243 e. The Kier molecular flexibility index (Phi) is 5.93. The van der Waals surface area contributed by atoms with Crippen LogP contribution in [-0.2, 0) is 27.8 Å². The summed E-state index contributed by atoms with van der Waals surface area (Å²) in [6.07, 6.45) is 11.9. The average Bonchev–Trinajstić information content (AvgIpc) is 2.93. The second-order valence-corrected chi connectivity index (χ2v) is 13.6. The molecule has 0 atom stereocenters. The number of ether oxygens (including phenoxy) is 1. The monoisotopic (exact) mass is 545 g/mol. The van der Waals surface area contributed by atoms with Gasteiger partial charge < -0.3 is 10.1 Å². The van der Waals surface area contributed by atoms with E-state index >= 15 is 0 Å². The zero-order valence-corrected chi connectivity index (χ0v) is 22.4. The number of carbonyl (C=O) groups excluding carboxylic acids is 1. The summed E-state index contributed by atoms with van der Waals surface area (Å²) in [5.74, 6) is 3.76. The average molecular weight is 546 g/mol. The second-order valence-electron chi connectivity index (χ2n) is 11.7. The van der Waals surface area contributed by atoms with Crippen molar-refractivity contribution in [2.24, 2.45) is 23.2 Å². The molecule has 0 radical (unpaired) electrons. The van der Waals surface area contributed by atoms with Crippen molar-refractivity contribution in [3.05, 3.63) is 66.4 Å². The fraction of sp³-hybridized carbons (Fsp3) is 0.448. The molecule has 4 aliphatic carbocycles. The molecule has 0 saturated heterocycles. The zero-order valence-electron chi connectivity index (χ0n) is 21.6. The van der Waals surface area contributed by atoms with Crippen molar-refractivity contribution >= 4 is 21.7 Å². The van der Waals surface area contributed by atoms with Crippen LogP contribution >= 0.6 is 0 Å². The molecule has 9 nitrogen and oxygen atoms in total. The molecule has 1 aliphatic heterocycles. The molecule has 4 fully saturated rings. The second kappa shape index (κ2) is 9.38. The molecular weight excluding hydrogens is 514 g/mol. The van der Waals surface area contributed by atoms with Gasteiger partial charge in [-0.3, -0.25) is 9.78 Å². The third kappa shape index (κ3) is 4.49. The molecule has 4 bridgehead atoms. The van der Waals surface area contributed by atoms with Crippen molar-refractivity contribution in [1.29, 1.82) is 0 Å². The summed E-state index contributed by atoms with van der Waals surface area (Å²) in [6, 6.07) is 9.92. The maximum Gasteiger partial charge on any atom is 0.243 e. The SMILES string of the molecule is O=C(Nc1ncnc2c1CCN(S(=O)(=O)c1ccc(Oc3cccnc3)cc1)C2)C12CC3CC(CC(C3)C1)C2. The number of sulfonamides is 1. The van der Waals surface area contributed by atoms with E-state index in [2.05, 4.69) is 20.3 Å². The number of nitrogens with one attached hydrogen (secondary N) is 1. The standard InChI is InChI=1S/C29H31N5O4S/c35-28(29-13-19-10-20(14-29)12-21(11-19)15-29)33-27-25-7-9-34(17-26(25)31-18-32-27)39(36,37)24-5-3-22(4-6-24)38-23-2-1-8-30-16-23/h1-6,8,16,18-21H,7,9-15,17H2,(H,31,32,33,35). The van der Waals surface area contributed by atoms with Gasteiger partial charge >= 0.3 is 0 Å². The first-order valence-corrected chi connectivity index (χ1v) is 15.1. The van der Waals surface area contributed by atoms with Gasteiger partial charge in [-0.2, -0.15) is 4.31 Å². The molecule has 5 aliphatic rings. The van der Waals surface area contributed by atoms with E-state index in [1.165, 1.54) is 29.9 Å². The maximum absolute atomic E-state index is 13.6. The van der Waals surface area contributed by atoms with Gasteiger partial charge in [0.1, 0.15) is 23.6 Å². The van der Waals surface area contributed by atoms with Crippen LogP contribution < -0.4 is 10.1 Å². The molecule has 3 aromatic rings. The minimum Gasteiger partial charge on any atom is -0.456 e. The normalized spacial score (nSPS) is 27.6. The number of benzene rings is 1. The molecule has 0 spiro atoms. The Hall–Kier alpha value is -3.37. The van der Waals surface area contributed by atoms with Gasteiger partial charge in [-0.1, -0.05) is 0 Å². The molecule has 2 aromatic heterocycles. The Morgan fingerprint density at radius 2 is 1.69 bits per heavy atom. The van der Waals surface area contributed by atoms with E-state index in [-0.39, 0.29) is 29.3 Å². The molecule has 4 saturated carbocycles. The van der Waals surface area contributed by atoms with Crippen LogP contribution in [0.25, 0.3) is 0 Å². The van der Waals surface area contributed by atoms with Crippen molar-refractivity contribution in [1.82, 2.24) is 19.3 Å². The molecular formula is C29H31N5O4S. The third-order valence-corrected chi connectivity index (χ3v) is 10.9. The predicted octanol–water partition coefficient (Wildman–Crippen LogP) is 4.57. The highest BCUT2D eigenvalue weighted by Crippen LogP contribution is 2.60. The Balaban J connectivity index is 1.06. The van der Waals surface area contributed by atoms with E-state index in [1.54, 1.807) is 48.8 Å². The highest BCUT2D eigenvalue weighted by Gasteiger charge is 2.54. The quantitative estimate of drug-likeness (QED) is 0.483. The summed E-state index contributed by atoms with van der Waals surface area (Å²) in [5, 5.41) is 3.16. The number of nitrogens with zero attached hydrogens (tertiary/aromatic N) is 4. The van der Waals surface area contributed by atoms with Crippen molar-refractivity contribution in [2.45, 2.75) is 56.4 Å². The van der Waals surface area contributed by atoms with E-state index in [9.17, 15) is 13.2 Å². The summed E-state index contributed by atoms with van der Waals surface area (Å²) in [5.41, 5.74) is 1.20. The summed E-state index contributed by atoms with van der Waals surface area (Å²) >= 11 is 0. The first-order valence-electron chi connectivity index (χ1n) is 13.7.